The smallest absolute Gasteiger partial charge is 0.260 e. The first-order valence-electron chi connectivity index (χ1n) is 4.87. The van der Waals surface area contributed by atoms with Gasteiger partial charge in [-0.15, -0.1) is 22.9 Å². The number of anilines is 1. The number of aromatic nitrogens is 1. The van der Waals surface area contributed by atoms with Crippen LogP contribution in [0.5, 0.6) is 0 Å². The van der Waals surface area contributed by atoms with Crippen molar-refractivity contribution in [2.45, 2.75) is 5.88 Å². The number of halogens is 3. The highest BCUT2D eigenvalue weighted by atomic mass is 35.5. The van der Waals surface area contributed by atoms with E-state index in [1.54, 1.807) is 5.38 Å². The lowest BCUT2D eigenvalue weighted by molar-refractivity contribution is 0.102. The molecule has 1 heterocycles. The van der Waals surface area contributed by atoms with Gasteiger partial charge in [-0.05, 0) is 18.2 Å². The minimum absolute atomic E-state index is 0.223. The highest BCUT2D eigenvalue weighted by molar-refractivity contribution is 7.14. The largest absolute Gasteiger partial charge is 0.298 e. The molecule has 2 rings (SSSR count). The molecule has 0 bridgehead atoms. The van der Waals surface area contributed by atoms with Crippen LogP contribution >= 0.6 is 22.9 Å². The third kappa shape index (κ3) is 2.83. The Labute approximate surface area is 110 Å². The maximum Gasteiger partial charge on any atom is 0.260 e. The van der Waals surface area contributed by atoms with Crippen molar-refractivity contribution in [3.63, 3.8) is 0 Å². The van der Waals surface area contributed by atoms with E-state index in [1.165, 1.54) is 0 Å². The van der Waals surface area contributed by atoms with Gasteiger partial charge in [0.2, 0.25) is 0 Å². The van der Waals surface area contributed by atoms with Crippen molar-refractivity contribution < 1.29 is 13.6 Å². The summed E-state index contributed by atoms with van der Waals surface area (Å²) in [4.78, 5) is 15.7. The maximum atomic E-state index is 13.3. The zero-order chi connectivity index (χ0) is 13.1. The second kappa shape index (κ2) is 5.41. The first-order valence-corrected chi connectivity index (χ1v) is 6.28. The number of alkyl halides is 1. The van der Waals surface area contributed by atoms with Crippen molar-refractivity contribution in [2.24, 2.45) is 0 Å². The van der Waals surface area contributed by atoms with Crippen LogP contribution in [0, 0.1) is 11.6 Å². The number of rotatable bonds is 3. The number of thiazole rings is 1. The molecule has 0 radical (unpaired) electrons. The highest BCUT2D eigenvalue weighted by Gasteiger charge is 2.14. The molecule has 3 nitrogen and oxygen atoms in total. The van der Waals surface area contributed by atoms with Crippen LogP contribution in [0.3, 0.4) is 0 Å². The molecule has 94 valence electrons. The Bertz CT molecular complexity index is 588. The molecule has 0 saturated heterocycles. The van der Waals surface area contributed by atoms with Crippen molar-refractivity contribution in [1.29, 1.82) is 0 Å². The van der Waals surface area contributed by atoms with Crippen LogP contribution < -0.4 is 5.32 Å². The van der Waals surface area contributed by atoms with Crippen molar-refractivity contribution in [1.82, 2.24) is 4.98 Å². The minimum Gasteiger partial charge on any atom is -0.298 e. The number of carbonyl (C=O) groups is 1. The quantitative estimate of drug-likeness (QED) is 0.880. The van der Waals surface area contributed by atoms with Crippen LogP contribution in [0.1, 0.15) is 16.1 Å². The van der Waals surface area contributed by atoms with Crippen LogP contribution in [0.25, 0.3) is 0 Å². The molecule has 18 heavy (non-hydrogen) atoms. The number of hydrogen-bond donors (Lipinski definition) is 1. The Kier molecular flexibility index (Phi) is 3.88. The minimum atomic E-state index is -0.789. The number of nitrogens with zero attached hydrogens (tertiary/aromatic N) is 1. The molecular formula is C11H7ClF2N2OS. The molecule has 2 aromatic rings. The number of amides is 1. The number of hydrogen-bond acceptors (Lipinski definition) is 3. The topological polar surface area (TPSA) is 42.0 Å². The highest BCUT2D eigenvalue weighted by Crippen LogP contribution is 2.18. The Balaban J connectivity index is 2.19. The lowest BCUT2D eigenvalue weighted by Crippen LogP contribution is -2.14. The summed E-state index contributed by atoms with van der Waals surface area (Å²) in [5.41, 5.74) is 0.245. The predicted molar refractivity (Wildman–Crippen MR) is 66.0 cm³/mol. The molecular weight excluding hydrogens is 282 g/mol. The molecule has 0 aliphatic carbocycles. The van der Waals surface area contributed by atoms with Gasteiger partial charge < -0.3 is 0 Å². The van der Waals surface area contributed by atoms with E-state index < -0.39 is 17.5 Å². The van der Waals surface area contributed by atoms with Gasteiger partial charge in [0.15, 0.2) is 5.13 Å². The monoisotopic (exact) mass is 288 g/mol. The molecule has 0 saturated carbocycles. The Morgan fingerprint density at radius 3 is 2.89 bits per heavy atom. The summed E-state index contributed by atoms with van der Waals surface area (Å²) >= 11 is 6.73. The summed E-state index contributed by atoms with van der Waals surface area (Å²) in [5.74, 6) is -1.99. The summed E-state index contributed by atoms with van der Waals surface area (Å²) in [6.45, 7) is 0. The molecule has 0 aliphatic rings. The molecule has 1 amide bonds. The van der Waals surface area contributed by atoms with E-state index in [0.29, 0.717) is 10.8 Å². The maximum absolute atomic E-state index is 13.3. The van der Waals surface area contributed by atoms with E-state index in [-0.39, 0.29) is 11.4 Å². The molecule has 7 heteroatoms. The zero-order valence-electron chi connectivity index (χ0n) is 8.91. The van der Waals surface area contributed by atoms with E-state index in [1.807, 2.05) is 0 Å². The van der Waals surface area contributed by atoms with Crippen LogP contribution in [0.4, 0.5) is 13.9 Å². The van der Waals surface area contributed by atoms with E-state index >= 15 is 0 Å². The summed E-state index contributed by atoms with van der Waals surface area (Å²) in [7, 11) is 0. The number of carbonyl (C=O) groups excluding carboxylic acids is 1. The predicted octanol–water partition coefficient (Wildman–Crippen LogP) is 3.41. The summed E-state index contributed by atoms with van der Waals surface area (Å²) in [6.07, 6.45) is 0. The summed E-state index contributed by atoms with van der Waals surface area (Å²) in [6, 6.07) is 2.68. The fourth-order valence-corrected chi connectivity index (χ4v) is 2.20. The van der Waals surface area contributed by atoms with Gasteiger partial charge in [-0.3, -0.25) is 10.1 Å². The van der Waals surface area contributed by atoms with Crippen molar-refractivity contribution in [2.75, 3.05) is 5.32 Å². The van der Waals surface area contributed by atoms with Crippen LogP contribution in [-0.2, 0) is 5.88 Å². The molecule has 0 spiro atoms. The summed E-state index contributed by atoms with van der Waals surface area (Å²) in [5, 5.41) is 4.35. The van der Waals surface area contributed by atoms with Gasteiger partial charge >= 0.3 is 0 Å². The van der Waals surface area contributed by atoms with E-state index in [4.69, 9.17) is 11.6 Å². The van der Waals surface area contributed by atoms with Gasteiger partial charge in [-0.2, -0.15) is 0 Å². The average Bonchev–Trinajstić information content (AvgIpc) is 2.80. The molecule has 0 aliphatic heterocycles. The zero-order valence-corrected chi connectivity index (χ0v) is 10.5. The van der Waals surface area contributed by atoms with Gasteiger partial charge in [0.05, 0.1) is 17.1 Å². The van der Waals surface area contributed by atoms with Crippen molar-refractivity contribution >= 4 is 34.0 Å². The molecule has 1 aromatic carbocycles. The van der Waals surface area contributed by atoms with Gasteiger partial charge in [0.1, 0.15) is 11.6 Å². The van der Waals surface area contributed by atoms with Crippen LogP contribution in [0.15, 0.2) is 23.6 Å². The molecule has 0 atom stereocenters. The molecule has 1 N–H and O–H groups in total. The SMILES string of the molecule is O=C(Nc1nc(CCl)cs1)c1cc(F)ccc1F. The first kappa shape index (κ1) is 12.9. The third-order valence-corrected chi connectivity index (χ3v) is 3.16. The Hall–Kier alpha value is -1.53. The lowest BCUT2D eigenvalue weighted by Gasteiger charge is -2.03. The first-order chi connectivity index (χ1) is 8.60. The van der Waals surface area contributed by atoms with Gasteiger partial charge in [-0.25, -0.2) is 13.8 Å². The fraction of sp³-hybridized carbons (Fsp3) is 0.0909. The Morgan fingerprint density at radius 2 is 2.22 bits per heavy atom. The van der Waals surface area contributed by atoms with Crippen LogP contribution in [-0.4, -0.2) is 10.9 Å². The molecule has 0 unspecified atom stereocenters. The summed E-state index contributed by atoms with van der Waals surface area (Å²) < 4.78 is 26.3. The van der Waals surface area contributed by atoms with Gasteiger partial charge in [0, 0.05) is 5.38 Å². The van der Waals surface area contributed by atoms with Crippen LogP contribution in [0.2, 0.25) is 0 Å². The second-order valence-electron chi connectivity index (χ2n) is 3.36. The van der Waals surface area contributed by atoms with Crippen molar-refractivity contribution in [3.05, 3.63) is 46.5 Å². The average molecular weight is 289 g/mol. The normalized spacial score (nSPS) is 10.4. The van der Waals surface area contributed by atoms with E-state index in [0.717, 1.165) is 29.5 Å². The second-order valence-corrected chi connectivity index (χ2v) is 4.48. The standard InChI is InChI=1S/C11H7ClF2N2OS/c12-4-7-5-18-11(15-7)16-10(17)8-3-6(13)1-2-9(8)14/h1-3,5H,4H2,(H,15,16,17). The molecule has 1 aromatic heterocycles. The van der Waals surface area contributed by atoms with Crippen molar-refractivity contribution in [3.8, 4) is 0 Å². The van der Waals surface area contributed by atoms with Gasteiger partial charge in [0.25, 0.3) is 5.91 Å². The van der Waals surface area contributed by atoms with E-state index in [9.17, 15) is 13.6 Å². The van der Waals surface area contributed by atoms with Gasteiger partial charge in [-0.1, -0.05) is 0 Å². The Morgan fingerprint density at radius 1 is 1.44 bits per heavy atom. The third-order valence-electron chi connectivity index (χ3n) is 2.08. The fourth-order valence-electron chi connectivity index (χ4n) is 1.26. The molecule has 0 fully saturated rings. The number of benzene rings is 1. The van der Waals surface area contributed by atoms with E-state index in [2.05, 4.69) is 10.3 Å². The lowest BCUT2D eigenvalue weighted by atomic mass is 10.2. The number of nitrogens with one attached hydrogen (secondary N) is 1.